The zero-order valence-electron chi connectivity index (χ0n) is 10.4. The summed E-state index contributed by atoms with van der Waals surface area (Å²) in [5.74, 6) is -0.696. The summed E-state index contributed by atoms with van der Waals surface area (Å²) in [7, 11) is -4.54. The second kappa shape index (κ2) is 5.53. The van der Waals surface area contributed by atoms with E-state index >= 15 is 0 Å². The van der Waals surface area contributed by atoms with Crippen molar-refractivity contribution in [1.29, 1.82) is 0 Å². The Bertz CT molecular complexity index is 588. The van der Waals surface area contributed by atoms with Gasteiger partial charge in [-0.2, -0.15) is 8.42 Å². The molecule has 102 valence electrons. The van der Waals surface area contributed by atoms with E-state index < -0.39 is 26.5 Å². The van der Waals surface area contributed by atoms with E-state index in [4.69, 9.17) is 4.55 Å². The minimum absolute atomic E-state index is 0.0340. The summed E-state index contributed by atoms with van der Waals surface area (Å²) in [6, 6.07) is 1.09. The topological polar surface area (TPSA) is 96.6 Å². The van der Waals surface area contributed by atoms with Crippen LogP contribution in [0.5, 0.6) is 5.88 Å². The summed E-state index contributed by atoms with van der Waals surface area (Å²) in [5.41, 5.74) is -0.444. The zero-order chi connectivity index (χ0) is 13.9. The Morgan fingerprint density at radius 2 is 1.94 bits per heavy atom. The molecule has 0 aliphatic carbocycles. The third kappa shape index (κ3) is 3.11. The van der Waals surface area contributed by atoms with E-state index in [-0.39, 0.29) is 12.1 Å². The van der Waals surface area contributed by atoms with Gasteiger partial charge in [0.05, 0.1) is 0 Å². The quantitative estimate of drug-likeness (QED) is 0.623. The lowest BCUT2D eigenvalue weighted by Gasteiger charge is -2.12. The first kappa shape index (κ1) is 14.7. The van der Waals surface area contributed by atoms with Gasteiger partial charge in [-0.25, -0.2) is 0 Å². The van der Waals surface area contributed by atoms with Crippen molar-refractivity contribution >= 4 is 10.1 Å². The Hall–Kier alpha value is -1.34. The third-order valence-corrected chi connectivity index (χ3v) is 3.69. The average Bonchev–Trinajstić information content (AvgIpc) is 2.20. The summed E-state index contributed by atoms with van der Waals surface area (Å²) in [6.45, 7) is 3.56. The molecule has 0 amide bonds. The molecular formula is C11H17NO5S. The molecule has 1 aromatic heterocycles. The van der Waals surface area contributed by atoms with Gasteiger partial charge in [0, 0.05) is 12.6 Å². The summed E-state index contributed by atoms with van der Waals surface area (Å²) < 4.78 is 32.3. The van der Waals surface area contributed by atoms with Crippen LogP contribution in [0.2, 0.25) is 0 Å². The normalized spacial score (nSPS) is 11.7. The first-order valence-corrected chi connectivity index (χ1v) is 7.14. The monoisotopic (exact) mass is 275 g/mol. The Morgan fingerprint density at radius 1 is 1.33 bits per heavy atom. The maximum atomic E-state index is 11.7. The van der Waals surface area contributed by atoms with Crippen molar-refractivity contribution in [2.45, 2.75) is 44.6 Å². The maximum absolute atomic E-state index is 11.7. The Labute approximate surface area is 106 Å². The standard InChI is InChI=1S/C11H17NO5S/c1-3-4-5-6-12-9(13)7-8(2)10(11(12)14)18(15,16)17/h7,14H,3-6H2,1-2H3,(H,15,16,17). The van der Waals surface area contributed by atoms with Crippen molar-refractivity contribution in [3.8, 4) is 5.88 Å². The fourth-order valence-electron chi connectivity index (χ4n) is 1.79. The van der Waals surface area contributed by atoms with E-state index in [0.29, 0.717) is 6.42 Å². The molecule has 0 saturated carbocycles. The fourth-order valence-corrected chi connectivity index (χ4v) is 2.59. The van der Waals surface area contributed by atoms with Crippen LogP contribution in [0.4, 0.5) is 0 Å². The second-order valence-corrected chi connectivity index (χ2v) is 5.51. The number of aromatic nitrogens is 1. The molecule has 0 fully saturated rings. The van der Waals surface area contributed by atoms with Gasteiger partial charge in [-0.3, -0.25) is 13.9 Å². The Balaban J connectivity index is 3.32. The van der Waals surface area contributed by atoms with Gasteiger partial charge < -0.3 is 5.11 Å². The highest BCUT2D eigenvalue weighted by molar-refractivity contribution is 7.86. The molecule has 2 N–H and O–H groups in total. The highest BCUT2D eigenvalue weighted by Crippen LogP contribution is 2.24. The van der Waals surface area contributed by atoms with E-state index in [2.05, 4.69) is 0 Å². The van der Waals surface area contributed by atoms with Crippen LogP contribution in [0, 0.1) is 6.92 Å². The van der Waals surface area contributed by atoms with E-state index in [0.717, 1.165) is 23.5 Å². The lowest BCUT2D eigenvalue weighted by atomic mass is 10.2. The molecule has 7 heteroatoms. The van der Waals surface area contributed by atoms with Gasteiger partial charge in [-0.1, -0.05) is 19.8 Å². The van der Waals surface area contributed by atoms with E-state index in [1.165, 1.54) is 6.92 Å². The molecular weight excluding hydrogens is 258 g/mol. The van der Waals surface area contributed by atoms with Crippen LogP contribution >= 0.6 is 0 Å². The second-order valence-electron chi connectivity index (χ2n) is 4.15. The van der Waals surface area contributed by atoms with Crippen molar-refractivity contribution in [3.63, 3.8) is 0 Å². The smallest absolute Gasteiger partial charge is 0.300 e. The molecule has 0 atom stereocenters. The molecule has 1 heterocycles. The number of pyridine rings is 1. The van der Waals surface area contributed by atoms with Crippen molar-refractivity contribution in [1.82, 2.24) is 4.57 Å². The summed E-state index contributed by atoms with van der Waals surface area (Å²) in [4.78, 5) is 11.1. The molecule has 1 aromatic rings. The minimum atomic E-state index is -4.54. The van der Waals surface area contributed by atoms with E-state index in [1.54, 1.807) is 0 Å². The van der Waals surface area contributed by atoms with Crippen molar-refractivity contribution < 1.29 is 18.1 Å². The van der Waals surface area contributed by atoms with Gasteiger partial charge >= 0.3 is 0 Å². The van der Waals surface area contributed by atoms with Gasteiger partial charge in [-0.15, -0.1) is 0 Å². The SMILES string of the molecule is CCCCCn1c(O)c(S(=O)(=O)O)c(C)cc1=O. The van der Waals surface area contributed by atoms with Gasteiger partial charge in [0.2, 0.25) is 5.88 Å². The molecule has 1 rings (SSSR count). The number of aryl methyl sites for hydroxylation is 1. The predicted octanol–water partition coefficient (Wildman–Crippen LogP) is 1.30. The molecule has 0 bridgehead atoms. The lowest BCUT2D eigenvalue weighted by molar-refractivity contribution is 0.378. The number of nitrogens with zero attached hydrogens (tertiary/aromatic N) is 1. The molecule has 6 nitrogen and oxygen atoms in total. The maximum Gasteiger partial charge on any atom is 0.300 e. The van der Waals surface area contributed by atoms with Crippen LogP contribution in [0.1, 0.15) is 31.7 Å². The Morgan fingerprint density at radius 3 is 2.44 bits per heavy atom. The predicted molar refractivity (Wildman–Crippen MR) is 66.4 cm³/mol. The summed E-state index contributed by atoms with van der Waals surface area (Å²) >= 11 is 0. The van der Waals surface area contributed by atoms with Gasteiger partial charge in [0.15, 0.2) is 4.90 Å². The highest BCUT2D eigenvalue weighted by Gasteiger charge is 2.22. The van der Waals surface area contributed by atoms with Crippen LogP contribution in [-0.4, -0.2) is 22.6 Å². The van der Waals surface area contributed by atoms with E-state index in [9.17, 15) is 18.3 Å². The third-order valence-electron chi connectivity index (χ3n) is 2.67. The van der Waals surface area contributed by atoms with Gasteiger partial charge in [0.1, 0.15) is 0 Å². The number of unbranched alkanes of at least 4 members (excludes halogenated alkanes) is 2. The number of rotatable bonds is 5. The van der Waals surface area contributed by atoms with Crippen molar-refractivity contribution in [3.05, 3.63) is 22.0 Å². The number of aromatic hydroxyl groups is 1. The average molecular weight is 275 g/mol. The number of hydrogen-bond donors (Lipinski definition) is 2. The molecule has 0 aromatic carbocycles. The van der Waals surface area contributed by atoms with Crippen LogP contribution in [-0.2, 0) is 16.7 Å². The summed E-state index contributed by atoms with van der Waals surface area (Å²) in [6.07, 6.45) is 2.45. The lowest BCUT2D eigenvalue weighted by Crippen LogP contribution is -2.22. The van der Waals surface area contributed by atoms with Crippen molar-refractivity contribution in [2.24, 2.45) is 0 Å². The number of hydrogen-bond acceptors (Lipinski definition) is 4. The van der Waals surface area contributed by atoms with Crippen LogP contribution in [0.15, 0.2) is 15.8 Å². The molecule has 18 heavy (non-hydrogen) atoms. The first-order valence-electron chi connectivity index (χ1n) is 5.70. The van der Waals surface area contributed by atoms with Crippen molar-refractivity contribution in [2.75, 3.05) is 0 Å². The van der Waals surface area contributed by atoms with Gasteiger partial charge in [0.25, 0.3) is 15.7 Å². The van der Waals surface area contributed by atoms with Crippen LogP contribution in [0.25, 0.3) is 0 Å². The van der Waals surface area contributed by atoms with Gasteiger partial charge in [-0.05, 0) is 18.9 Å². The van der Waals surface area contributed by atoms with E-state index in [1.807, 2.05) is 6.92 Å². The van der Waals surface area contributed by atoms with Crippen LogP contribution < -0.4 is 5.56 Å². The molecule has 0 unspecified atom stereocenters. The molecule has 0 aliphatic heterocycles. The molecule has 0 aliphatic rings. The minimum Gasteiger partial charge on any atom is -0.493 e. The highest BCUT2D eigenvalue weighted by atomic mass is 32.2. The first-order chi connectivity index (χ1) is 8.29. The molecule has 0 radical (unpaired) electrons. The fraction of sp³-hybridized carbons (Fsp3) is 0.545. The Kier molecular flexibility index (Phi) is 4.53. The van der Waals surface area contributed by atoms with Crippen LogP contribution in [0.3, 0.4) is 0 Å². The largest absolute Gasteiger partial charge is 0.493 e. The summed E-state index contributed by atoms with van der Waals surface area (Å²) in [5, 5.41) is 9.81. The molecule has 0 spiro atoms. The zero-order valence-corrected chi connectivity index (χ0v) is 11.2. The molecule has 0 saturated heterocycles.